The first-order valence-corrected chi connectivity index (χ1v) is 9.41. The average molecular weight is 447 g/mol. The zero-order valence-electron chi connectivity index (χ0n) is 15.7. The number of aromatic amines is 1. The van der Waals surface area contributed by atoms with E-state index in [4.69, 9.17) is 11.6 Å². The lowest BCUT2D eigenvalue weighted by molar-refractivity contribution is 0.0912. The molecular weight excluding hydrogens is 433 g/mol. The third-order valence-corrected chi connectivity index (χ3v) is 4.94. The van der Waals surface area contributed by atoms with Crippen LogP contribution in [0.25, 0.3) is 22.0 Å². The van der Waals surface area contributed by atoms with Crippen LogP contribution < -0.4 is 5.32 Å². The van der Waals surface area contributed by atoms with Crippen molar-refractivity contribution in [1.82, 2.24) is 20.3 Å². The number of nitrogens with one attached hydrogen (secondary N) is 2. The first kappa shape index (κ1) is 20.8. The molecule has 1 atom stereocenters. The number of hydrogen-bond acceptors (Lipinski definition) is 4. The molecule has 4 rings (SSSR count). The number of rotatable bonds is 5. The van der Waals surface area contributed by atoms with Gasteiger partial charge in [0.25, 0.3) is 5.91 Å². The van der Waals surface area contributed by atoms with E-state index in [1.54, 1.807) is 0 Å². The van der Waals surface area contributed by atoms with Crippen LogP contribution in [-0.2, 0) is 0 Å². The van der Waals surface area contributed by atoms with Gasteiger partial charge in [-0.3, -0.25) is 9.78 Å². The van der Waals surface area contributed by atoms with Gasteiger partial charge in [-0.05, 0) is 12.1 Å². The summed E-state index contributed by atoms with van der Waals surface area (Å²) in [5.74, 6) is -3.58. The van der Waals surface area contributed by atoms with Gasteiger partial charge in [-0.2, -0.15) is 0 Å². The molecule has 158 valence electrons. The van der Waals surface area contributed by atoms with E-state index in [2.05, 4.69) is 20.3 Å². The van der Waals surface area contributed by atoms with Crippen LogP contribution in [0.5, 0.6) is 0 Å². The number of H-pyrrole nitrogens is 1. The molecule has 0 radical (unpaired) electrons. The first-order valence-electron chi connectivity index (χ1n) is 9.04. The minimum Gasteiger partial charge on any atom is -0.383 e. The summed E-state index contributed by atoms with van der Waals surface area (Å²) in [4.78, 5) is 23.2. The quantitative estimate of drug-likeness (QED) is 0.429. The summed E-state index contributed by atoms with van der Waals surface area (Å²) in [5, 5.41) is 13.4. The Balaban J connectivity index is 1.71. The van der Waals surface area contributed by atoms with Gasteiger partial charge in [0.05, 0.1) is 22.8 Å². The summed E-state index contributed by atoms with van der Waals surface area (Å²) >= 11 is 6.16. The van der Waals surface area contributed by atoms with Crippen LogP contribution in [0.3, 0.4) is 0 Å². The van der Waals surface area contributed by atoms with E-state index in [9.17, 15) is 23.1 Å². The average Bonchev–Trinajstić information content (AvgIpc) is 3.27. The van der Waals surface area contributed by atoms with Gasteiger partial charge in [-0.1, -0.05) is 17.7 Å². The standard InChI is InChI=1S/C21H14ClF3N4O2/c22-14-8-28-19(18-15(24)6-11(23)7-16(18)25)13-5-10(1-2-12(13)14)21(31)29-9-17(30)20-26-3-4-27-20/h1-8,17,30H,9H2,(H,26,27)(H,29,31). The monoisotopic (exact) mass is 446 g/mol. The molecule has 0 aliphatic carbocycles. The zero-order valence-corrected chi connectivity index (χ0v) is 16.4. The third-order valence-electron chi connectivity index (χ3n) is 4.64. The lowest BCUT2D eigenvalue weighted by Crippen LogP contribution is -2.28. The van der Waals surface area contributed by atoms with Gasteiger partial charge in [-0.15, -0.1) is 0 Å². The fraction of sp³-hybridized carbons (Fsp3) is 0.0952. The highest BCUT2D eigenvalue weighted by Crippen LogP contribution is 2.34. The number of pyridine rings is 1. The number of benzene rings is 2. The first-order chi connectivity index (χ1) is 14.8. The number of nitrogens with zero attached hydrogens (tertiary/aromatic N) is 2. The van der Waals surface area contributed by atoms with Crippen molar-refractivity contribution in [3.8, 4) is 11.3 Å². The van der Waals surface area contributed by atoms with Crippen molar-refractivity contribution in [3.05, 3.63) is 82.8 Å². The SMILES string of the molecule is O=C(NCC(O)c1ncc[nH]1)c1ccc2c(Cl)cnc(-c3c(F)cc(F)cc3F)c2c1. The van der Waals surface area contributed by atoms with E-state index in [0.717, 1.165) is 0 Å². The van der Waals surface area contributed by atoms with Crippen molar-refractivity contribution in [2.24, 2.45) is 0 Å². The normalized spacial score (nSPS) is 12.2. The summed E-state index contributed by atoms with van der Waals surface area (Å²) in [6.45, 7) is -0.119. The summed E-state index contributed by atoms with van der Waals surface area (Å²) in [6, 6.07) is 5.46. The van der Waals surface area contributed by atoms with Gasteiger partial charge in [-0.25, -0.2) is 18.2 Å². The van der Waals surface area contributed by atoms with E-state index in [1.807, 2.05) is 0 Å². The summed E-state index contributed by atoms with van der Waals surface area (Å²) in [7, 11) is 0. The topological polar surface area (TPSA) is 90.9 Å². The Hall–Kier alpha value is -3.43. The second kappa shape index (κ2) is 8.37. The van der Waals surface area contributed by atoms with Crippen LogP contribution in [-0.4, -0.2) is 32.5 Å². The van der Waals surface area contributed by atoms with E-state index in [0.29, 0.717) is 23.3 Å². The molecule has 2 aromatic heterocycles. The highest BCUT2D eigenvalue weighted by molar-refractivity contribution is 6.35. The van der Waals surface area contributed by atoms with Crippen molar-refractivity contribution < 1.29 is 23.1 Å². The van der Waals surface area contributed by atoms with E-state index in [-0.39, 0.29) is 28.2 Å². The molecule has 0 fully saturated rings. The summed E-state index contributed by atoms with van der Waals surface area (Å²) in [5.41, 5.74) is -0.513. The van der Waals surface area contributed by atoms with Gasteiger partial charge in [0.1, 0.15) is 29.4 Å². The van der Waals surface area contributed by atoms with E-state index in [1.165, 1.54) is 36.8 Å². The Morgan fingerprint density at radius 2 is 1.87 bits per heavy atom. The van der Waals surface area contributed by atoms with E-state index >= 15 is 0 Å². The van der Waals surface area contributed by atoms with Crippen LogP contribution in [0.2, 0.25) is 5.02 Å². The molecule has 0 spiro atoms. The fourth-order valence-electron chi connectivity index (χ4n) is 3.17. The Morgan fingerprint density at radius 1 is 1.13 bits per heavy atom. The maximum atomic E-state index is 14.4. The smallest absolute Gasteiger partial charge is 0.251 e. The number of carbonyl (C=O) groups excluding carboxylic acids is 1. The molecule has 1 amide bonds. The molecule has 1 unspecified atom stereocenters. The molecule has 3 N–H and O–H groups in total. The molecule has 10 heteroatoms. The maximum absolute atomic E-state index is 14.4. The largest absolute Gasteiger partial charge is 0.383 e. The summed E-state index contributed by atoms with van der Waals surface area (Å²) < 4.78 is 42.0. The molecular formula is C21H14ClF3N4O2. The molecule has 2 aromatic carbocycles. The van der Waals surface area contributed by atoms with Gasteiger partial charge in [0, 0.05) is 47.1 Å². The van der Waals surface area contributed by atoms with Crippen molar-refractivity contribution in [2.45, 2.75) is 6.10 Å². The number of fused-ring (bicyclic) bond motifs is 1. The van der Waals surface area contributed by atoms with Crippen molar-refractivity contribution >= 4 is 28.3 Å². The minimum atomic E-state index is -1.13. The summed E-state index contributed by atoms with van der Waals surface area (Å²) in [6.07, 6.45) is 3.18. The zero-order chi connectivity index (χ0) is 22.1. The highest BCUT2D eigenvalue weighted by Gasteiger charge is 2.20. The number of hydrogen-bond donors (Lipinski definition) is 3. The molecule has 0 bridgehead atoms. The third kappa shape index (κ3) is 4.10. The predicted octanol–water partition coefficient (Wildman–Crippen LogP) is 4.16. The van der Waals surface area contributed by atoms with Crippen LogP contribution in [0.1, 0.15) is 22.3 Å². The number of imidazole rings is 1. The van der Waals surface area contributed by atoms with E-state index < -0.39 is 35.0 Å². The Kier molecular flexibility index (Phi) is 5.62. The highest BCUT2D eigenvalue weighted by atomic mass is 35.5. The van der Waals surface area contributed by atoms with Crippen LogP contribution >= 0.6 is 11.6 Å². The predicted molar refractivity (Wildman–Crippen MR) is 108 cm³/mol. The number of carbonyl (C=O) groups is 1. The fourth-order valence-corrected chi connectivity index (χ4v) is 3.38. The number of aliphatic hydroxyl groups is 1. The van der Waals surface area contributed by atoms with Gasteiger partial charge >= 0.3 is 0 Å². The number of aliphatic hydroxyl groups excluding tert-OH is 1. The molecule has 0 aliphatic rings. The molecule has 2 heterocycles. The van der Waals surface area contributed by atoms with Gasteiger partial charge in [0.15, 0.2) is 0 Å². The minimum absolute atomic E-state index is 0.119. The number of amides is 1. The van der Waals surface area contributed by atoms with Crippen LogP contribution in [0.15, 0.2) is 48.9 Å². The van der Waals surface area contributed by atoms with Crippen molar-refractivity contribution in [2.75, 3.05) is 6.54 Å². The van der Waals surface area contributed by atoms with Crippen LogP contribution in [0.4, 0.5) is 13.2 Å². The van der Waals surface area contributed by atoms with Crippen molar-refractivity contribution in [3.63, 3.8) is 0 Å². The molecule has 31 heavy (non-hydrogen) atoms. The molecule has 6 nitrogen and oxygen atoms in total. The number of halogens is 4. The lowest BCUT2D eigenvalue weighted by atomic mass is 10.0. The second-order valence-corrected chi connectivity index (χ2v) is 7.07. The van der Waals surface area contributed by atoms with Crippen LogP contribution in [0, 0.1) is 17.5 Å². The van der Waals surface area contributed by atoms with Gasteiger partial charge in [0.2, 0.25) is 0 Å². The molecule has 4 aromatic rings. The Labute approximate surface area is 178 Å². The van der Waals surface area contributed by atoms with Gasteiger partial charge < -0.3 is 15.4 Å². The molecule has 0 saturated carbocycles. The Bertz CT molecular complexity index is 1260. The maximum Gasteiger partial charge on any atom is 0.251 e. The number of aromatic nitrogens is 3. The second-order valence-electron chi connectivity index (χ2n) is 6.66. The molecule has 0 aliphatic heterocycles. The molecule has 0 saturated heterocycles. The Morgan fingerprint density at radius 3 is 2.55 bits per heavy atom. The van der Waals surface area contributed by atoms with Crippen molar-refractivity contribution in [1.29, 1.82) is 0 Å². The lowest BCUT2D eigenvalue weighted by Gasteiger charge is -2.12.